The van der Waals surface area contributed by atoms with Gasteiger partial charge in [-0.05, 0) is 61.4 Å². The first-order chi connectivity index (χ1) is 14.9. The van der Waals surface area contributed by atoms with Gasteiger partial charge in [-0.25, -0.2) is 9.37 Å². The molecule has 3 aromatic rings. The minimum atomic E-state index is -0.810. The second-order valence-electron chi connectivity index (χ2n) is 8.36. The summed E-state index contributed by atoms with van der Waals surface area (Å²) in [6.07, 6.45) is 3.39. The summed E-state index contributed by atoms with van der Waals surface area (Å²) < 4.78 is 22.4. The van der Waals surface area contributed by atoms with E-state index < -0.39 is 11.7 Å². The molecule has 160 valence electrons. The number of benzene rings is 2. The monoisotopic (exact) mass is 422 g/mol. The van der Waals surface area contributed by atoms with Crippen molar-refractivity contribution in [2.24, 2.45) is 23.3 Å². The van der Waals surface area contributed by atoms with Crippen molar-refractivity contribution in [3.8, 4) is 17.1 Å². The lowest BCUT2D eigenvalue weighted by Crippen LogP contribution is -2.26. The zero-order valence-corrected chi connectivity index (χ0v) is 16.9. The third kappa shape index (κ3) is 3.52. The second-order valence-corrected chi connectivity index (χ2v) is 8.36. The molecule has 7 nitrogen and oxygen atoms in total. The van der Waals surface area contributed by atoms with Crippen LogP contribution in [-0.2, 0) is 17.8 Å². The molecule has 31 heavy (non-hydrogen) atoms. The van der Waals surface area contributed by atoms with Crippen LogP contribution in [0.25, 0.3) is 22.4 Å². The zero-order chi connectivity index (χ0) is 21.7. The van der Waals surface area contributed by atoms with Gasteiger partial charge in [0.2, 0.25) is 5.91 Å². The molecule has 2 aromatic carbocycles. The van der Waals surface area contributed by atoms with Gasteiger partial charge in [0.15, 0.2) is 0 Å². The van der Waals surface area contributed by atoms with Crippen molar-refractivity contribution in [3.63, 3.8) is 0 Å². The molecule has 1 aliphatic heterocycles. The summed E-state index contributed by atoms with van der Waals surface area (Å²) >= 11 is 0. The number of imidazole rings is 1. The quantitative estimate of drug-likeness (QED) is 0.636. The fraction of sp³-hybridized carbons (Fsp3) is 0.348. The molecule has 0 spiro atoms. The largest absolute Gasteiger partial charge is 0.491 e. The lowest BCUT2D eigenvalue weighted by atomic mass is 9.94. The van der Waals surface area contributed by atoms with Gasteiger partial charge in [0, 0.05) is 18.0 Å². The number of rotatable bonds is 6. The van der Waals surface area contributed by atoms with Gasteiger partial charge in [-0.15, -0.1) is 0 Å². The SMILES string of the molecule is NC(=O)c1ccc(-c2nc3cc(C[C@H](C(N)=O)C4CC4)cc4c3n2CCCO4)cc1F. The third-order valence-electron chi connectivity index (χ3n) is 6.16. The van der Waals surface area contributed by atoms with Crippen molar-refractivity contribution in [1.82, 2.24) is 9.55 Å². The number of carbonyl (C=O) groups excluding carboxylic acids is 2. The smallest absolute Gasteiger partial charge is 0.251 e. The number of nitrogens with zero attached hydrogens (tertiary/aromatic N) is 2. The number of aromatic nitrogens is 2. The van der Waals surface area contributed by atoms with Crippen LogP contribution in [0.15, 0.2) is 30.3 Å². The number of hydrogen-bond donors (Lipinski definition) is 2. The molecule has 1 aliphatic carbocycles. The maximum absolute atomic E-state index is 14.4. The van der Waals surface area contributed by atoms with Crippen LogP contribution in [0.3, 0.4) is 0 Å². The van der Waals surface area contributed by atoms with Crippen LogP contribution in [0, 0.1) is 17.7 Å². The van der Waals surface area contributed by atoms with E-state index in [0.717, 1.165) is 35.9 Å². The summed E-state index contributed by atoms with van der Waals surface area (Å²) in [4.78, 5) is 28.1. The first-order valence-electron chi connectivity index (χ1n) is 10.5. The summed E-state index contributed by atoms with van der Waals surface area (Å²) in [5.74, 6) is -0.287. The highest BCUT2D eigenvalue weighted by Crippen LogP contribution is 2.40. The number of nitrogens with two attached hydrogens (primary N) is 2. The van der Waals surface area contributed by atoms with Gasteiger partial charge >= 0.3 is 0 Å². The van der Waals surface area contributed by atoms with E-state index in [0.29, 0.717) is 42.6 Å². The molecule has 0 radical (unpaired) electrons. The highest BCUT2D eigenvalue weighted by atomic mass is 19.1. The Labute approximate surface area is 178 Å². The molecule has 0 unspecified atom stereocenters. The van der Waals surface area contributed by atoms with Crippen LogP contribution in [-0.4, -0.2) is 28.0 Å². The van der Waals surface area contributed by atoms with Crippen molar-refractivity contribution in [2.75, 3.05) is 6.61 Å². The molecule has 4 N–H and O–H groups in total. The van der Waals surface area contributed by atoms with Crippen LogP contribution < -0.4 is 16.2 Å². The number of ether oxygens (including phenoxy) is 1. The van der Waals surface area contributed by atoms with Gasteiger partial charge in [-0.3, -0.25) is 9.59 Å². The van der Waals surface area contributed by atoms with E-state index in [-0.39, 0.29) is 17.4 Å². The number of halogens is 1. The maximum Gasteiger partial charge on any atom is 0.251 e. The van der Waals surface area contributed by atoms with E-state index in [4.69, 9.17) is 21.2 Å². The van der Waals surface area contributed by atoms with Crippen molar-refractivity contribution in [3.05, 3.63) is 47.3 Å². The van der Waals surface area contributed by atoms with Crippen LogP contribution in [0.2, 0.25) is 0 Å². The predicted molar refractivity (Wildman–Crippen MR) is 113 cm³/mol. The fourth-order valence-corrected chi connectivity index (χ4v) is 4.46. The molecule has 1 fully saturated rings. The molecule has 0 bridgehead atoms. The summed E-state index contributed by atoms with van der Waals surface area (Å²) in [6, 6.07) is 8.24. The number of aryl methyl sites for hydroxylation is 1. The Balaban J connectivity index is 1.61. The minimum Gasteiger partial charge on any atom is -0.491 e. The highest BCUT2D eigenvalue weighted by Gasteiger charge is 2.35. The lowest BCUT2D eigenvalue weighted by molar-refractivity contribution is -0.122. The average molecular weight is 422 g/mol. The molecule has 2 aliphatic rings. The Morgan fingerprint density at radius 2 is 2.03 bits per heavy atom. The third-order valence-corrected chi connectivity index (χ3v) is 6.16. The standard InChI is InChI=1S/C23H23FN4O3/c24-17-11-14(4-5-15(17)21(25)29)23-27-18-9-12(8-16(22(26)30)13-2-3-13)10-19-20(18)28(23)6-1-7-31-19/h4-5,9-11,13,16H,1-3,6-8H2,(H2,25,29)(H2,26,30)/t16-/m0/s1. The van der Waals surface area contributed by atoms with E-state index in [1.165, 1.54) is 12.1 Å². The van der Waals surface area contributed by atoms with Crippen LogP contribution in [0.4, 0.5) is 4.39 Å². The molecule has 2 heterocycles. The van der Waals surface area contributed by atoms with Gasteiger partial charge in [0.1, 0.15) is 22.9 Å². The van der Waals surface area contributed by atoms with Gasteiger partial charge in [0.05, 0.1) is 17.7 Å². The number of amides is 2. The summed E-state index contributed by atoms with van der Waals surface area (Å²) in [5, 5.41) is 0. The van der Waals surface area contributed by atoms with Gasteiger partial charge in [-0.1, -0.05) is 6.07 Å². The number of hydrogen-bond acceptors (Lipinski definition) is 4. The van der Waals surface area contributed by atoms with Gasteiger partial charge in [0.25, 0.3) is 5.91 Å². The van der Waals surface area contributed by atoms with Crippen molar-refractivity contribution in [2.45, 2.75) is 32.2 Å². The average Bonchev–Trinajstić information content (AvgIpc) is 3.52. The summed E-state index contributed by atoms with van der Waals surface area (Å²) in [5.41, 5.74) is 13.8. The molecule has 1 saturated carbocycles. The number of primary amides is 2. The summed E-state index contributed by atoms with van der Waals surface area (Å²) in [6.45, 7) is 1.22. The molecule has 0 saturated heterocycles. The molecule has 1 aromatic heterocycles. The number of carbonyl (C=O) groups is 2. The first-order valence-corrected chi connectivity index (χ1v) is 10.5. The zero-order valence-electron chi connectivity index (χ0n) is 16.9. The lowest BCUT2D eigenvalue weighted by Gasteiger charge is -2.13. The van der Waals surface area contributed by atoms with Crippen LogP contribution in [0.5, 0.6) is 5.75 Å². The van der Waals surface area contributed by atoms with E-state index in [9.17, 15) is 14.0 Å². The first kappa shape index (κ1) is 19.5. The molecular weight excluding hydrogens is 399 g/mol. The Hall–Kier alpha value is -3.42. The highest BCUT2D eigenvalue weighted by molar-refractivity contribution is 5.94. The Morgan fingerprint density at radius 3 is 2.71 bits per heavy atom. The molecule has 2 amide bonds. The Morgan fingerprint density at radius 1 is 1.23 bits per heavy atom. The normalized spacial score (nSPS) is 16.5. The predicted octanol–water partition coefficient (Wildman–Crippen LogP) is 2.78. The van der Waals surface area contributed by atoms with E-state index in [2.05, 4.69) is 0 Å². The van der Waals surface area contributed by atoms with Crippen molar-refractivity contribution < 1.29 is 18.7 Å². The molecule has 5 rings (SSSR count). The molecular formula is C23H23FN4O3. The van der Waals surface area contributed by atoms with E-state index >= 15 is 0 Å². The van der Waals surface area contributed by atoms with E-state index in [1.807, 2.05) is 16.7 Å². The van der Waals surface area contributed by atoms with Gasteiger partial charge < -0.3 is 20.8 Å². The maximum atomic E-state index is 14.4. The second kappa shape index (κ2) is 7.37. The topological polar surface area (TPSA) is 113 Å². The summed E-state index contributed by atoms with van der Waals surface area (Å²) in [7, 11) is 0. The minimum absolute atomic E-state index is 0.153. The van der Waals surface area contributed by atoms with Gasteiger partial charge in [-0.2, -0.15) is 0 Å². The van der Waals surface area contributed by atoms with E-state index in [1.54, 1.807) is 6.07 Å². The van der Waals surface area contributed by atoms with Crippen LogP contribution in [0.1, 0.15) is 35.2 Å². The Kier molecular flexibility index (Phi) is 4.64. The van der Waals surface area contributed by atoms with Crippen molar-refractivity contribution in [1.29, 1.82) is 0 Å². The molecule has 8 heteroatoms. The fourth-order valence-electron chi connectivity index (χ4n) is 4.46. The van der Waals surface area contributed by atoms with Crippen LogP contribution >= 0.6 is 0 Å². The molecule has 1 atom stereocenters. The Bertz CT molecular complexity index is 1220. The van der Waals surface area contributed by atoms with Crippen molar-refractivity contribution >= 4 is 22.8 Å².